The predicted molar refractivity (Wildman–Crippen MR) is 154 cm³/mol. The van der Waals surface area contributed by atoms with E-state index in [0.29, 0.717) is 22.2 Å². The van der Waals surface area contributed by atoms with Crippen molar-refractivity contribution >= 4 is 45.6 Å². The topological polar surface area (TPSA) is 85.8 Å². The Labute approximate surface area is 227 Å². The van der Waals surface area contributed by atoms with Gasteiger partial charge in [0.2, 0.25) is 5.91 Å². The summed E-state index contributed by atoms with van der Waals surface area (Å²) in [5.41, 5.74) is 9.84. The Kier molecular flexibility index (Phi) is 7.30. The highest BCUT2D eigenvalue weighted by atomic mass is 32.1. The highest BCUT2D eigenvalue weighted by Gasteiger charge is 2.33. The lowest BCUT2D eigenvalue weighted by Crippen LogP contribution is -2.42. The maximum absolute atomic E-state index is 13.7. The van der Waals surface area contributed by atoms with Crippen molar-refractivity contribution in [3.63, 3.8) is 0 Å². The third-order valence-electron chi connectivity index (χ3n) is 7.46. The van der Waals surface area contributed by atoms with Crippen LogP contribution in [0.1, 0.15) is 56.1 Å². The molecule has 0 unspecified atom stereocenters. The van der Waals surface area contributed by atoms with E-state index in [1.165, 1.54) is 18.4 Å². The Morgan fingerprint density at radius 3 is 2.34 bits per heavy atom. The Bertz CT molecular complexity index is 1460. The van der Waals surface area contributed by atoms with Crippen molar-refractivity contribution in [3.8, 4) is 21.8 Å². The average molecular weight is 531 g/mol. The lowest BCUT2D eigenvalue weighted by Gasteiger charge is -2.33. The first-order valence-corrected chi connectivity index (χ1v) is 14.0. The Balaban J connectivity index is 1.47. The monoisotopic (exact) mass is 530 g/mol. The maximum atomic E-state index is 13.7. The zero-order valence-electron chi connectivity index (χ0n) is 22.3. The molecule has 2 N–H and O–H groups in total. The number of fused-ring (bicyclic) bond motifs is 1. The number of furan rings is 1. The van der Waals surface area contributed by atoms with Crippen molar-refractivity contribution in [2.24, 2.45) is 11.8 Å². The first-order valence-electron chi connectivity index (χ1n) is 13.2. The molecule has 4 aromatic rings. The smallest absolute Gasteiger partial charge is 0.350 e. The number of thiophene rings is 1. The van der Waals surface area contributed by atoms with Crippen LogP contribution < -0.4 is 10.6 Å². The van der Waals surface area contributed by atoms with Crippen LogP contribution >= 0.6 is 11.3 Å². The number of nitrogens with two attached hydrogens (primary N) is 1. The molecule has 1 aliphatic rings. The number of carbonyl (C=O) groups is 2. The lowest BCUT2D eigenvalue weighted by molar-refractivity contribution is -0.123. The molecule has 1 aliphatic carbocycles. The molecule has 1 saturated carbocycles. The van der Waals surface area contributed by atoms with Crippen LogP contribution in [0, 0.1) is 11.8 Å². The van der Waals surface area contributed by atoms with E-state index in [-0.39, 0.29) is 17.9 Å². The minimum absolute atomic E-state index is 0.0131. The van der Waals surface area contributed by atoms with E-state index in [2.05, 4.69) is 6.92 Å². The van der Waals surface area contributed by atoms with Crippen LogP contribution in [0.15, 0.2) is 59.0 Å². The number of nitrogens with zero attached hydrogens (tertiary/aromatic N) is 1. The van der Waals surface area contributed by atoms with Gasteiger partial charge in [0.1, 0.15) is 16.2 Å². The highest BCUT2D eigenvalue weighted by Crippen LogP contribution is 2.41. The SMILES string of the molecule is COC(=O)c1sc(-c2ccc(-c3cc4ccc(N)cc4o3)cc2)cc1N(C(=O)C1CCC(C)CC1)C(C)C. The number of amides is 1. The number of nitrogen functional groups attached to an aromatic ring is 1. The second kappa shape index (κ2) is 10.7. The lowest BCUT2D eigenvalue weighted by atomic mass is 9.82. The van der Waals surface area contributed by atoms with Crippen LogP contribution in [0.2, 0.25) is 0 Å². The standard InChI is InChI=1S/C31H34N2O4S/c1-18(2)33(30(34)22-7-5-19(3)6-8-22)25-17-28(38-29(25)31(35)36-4)21-11-9-20(10-12-21)26-15-23-13-14-24(32)16-27(23)37-26/h9-19,22H,5-8,32H2,1-4H3. The predicted octanol–water partition coefficient (Wildman–Crippen LogP) is 7.76. The number of ether oxygens (including phenoxy) is 1. The molecule has 0 radical (unpaired) electrons. The van der Waals surface area contributed by atoms with Crippen LogP contribution in [0.4, 0.5) is 11.4 Å². The molecule has 2 aromatic carbocycles. The molecule has 198 valence electrons. The third-order valence-corrected chi connectivity index (χ3v) is 8.61. The van der Waals surface area contributed by atoms with E-state index in [4.69, 9.17) is 14.9 Å². The number of hydrogen-bond acceptors (Lipinski definition) is 6. The van der Waals surface area contributed by atoms with Crippen LogP contribution in [-0.4, -0.2) is 25.0 Å². The molecule has 0 bridgehead atoms. The summed E-state index contributed by atoms with van der Waals surface area (Å²) < 4.78 is 11.1. The molecule has 7 heteroatoms. The first-order chi connectivity index (χ1) is 18.2. The van der Waals surface area contributed by atoms with Gasteiger partial charge in [0.15, 0.2) is 0 Å². The Morgan fingerprint density at radius 2 is 1.68 bits per heavy atom. The van der Waals surface area contributed by atoms with Gasteiger partial charge in [0.25, 0.3) is 0 Å². The number of hydrogen-bond donors (Lipinski definition) is 1. The summed E-state index contributed by atoms with van der Waals surface area (Å²) in [6.07, 6.45) is 3.91. The summed E-state index contributed by atoms with van der Waals surface area (Å²) in [5.74, 6) is 1.08. The molecule has 0 spiro atoms. The minimum Gasteiger partial charge on any atom is -0.465 e. The number of anilines is 2. The van der Waals surface area contributed by atoms with E-state index in [0.717, 1.165) is 58.4 Å². The Hall–Kier alpha value is -3.58. The molecule has 1 fully saturated rings. The number of esters is 1. The van der Waals surface area contributed by atoms with Crippen LogP contribution in [0.25, 0.3) is 32.7 Å². The average Bonchev–Trinajstić information content (AvgIpc) is 3.53. The van der Waals surface area contributed by atoms with Gasteiger partial charge in [-0.3, -0.25) is 4.79 Å². The number of rotatable bonds is 6. The van der Waals surface area contributed by atoms with Crippen molar-refractivity contribution in [1.29, 1.82) is 0 Å². The number of benzene rings is 2. The quantitative estimate of drug-likeness (QED) is 0.203. The fourth-order valence-electron chi connectivity index (χ4n) is 5.29. The Morgan fingerprint density at radius 1 is 1.00 bits per heavy atom. The van der Waals surface area contributed by atoms with Crippen molar-refractivity contribution in [2.45, 2.75) is 52.5 Å². The van der Waals surface area contributed by atoms with Gasteiger partial charge in [-0.05, 0) is 75.3 Å². The molecule has 1 amide bonds. The summed E-state index contributed by atoms with van der Waals surface area (Å²) in [6, 6.07) is 17.5. The number of methoxy groups -OCH3 is 1. The normalized spacial score (nSPS) is 17.6. The molecular weight excluding hydrogens is 496 g/mol. The summed E-state index contributed by atoms with van der Waals surface area (Å²) in [7, 11) is 1.38. The summed E-state index contributed by atoms with van der Waals surface area (Å²) in [4.78, 5) is 29.7. The molecular formula is C31H34N2O4S. The number of carbonyl (C=O) groups excluding carboxylic acids is 2. The van der Waals surface area contributed by atoms with Gasteiger partial charge in [0.05, 0.1) is 12.8 Å². The van der Waals surface area contributed by atoms with Gasteiger partial charge in [0, 0.05) is 39.5 Å². The van der Waals surface area contributed by atoms with Crippen molar-refractivity contribution < 1.29 is 18.7 Å². The fourth-order valence-corrected chi connectivity index (χ4v) is 6.36. The van der Waals surface area contributed by atoms with Crippen molar-refractivity contribution in [1.82, 2.24) is 0 Å². The van der Waals surface area contributed by atoms with Gasteiger partial charge < -0.3 is 19.8 Å². The molecule has 0 aliphatic heterocycles. The second-order valence-corrected chi connectivity index (χ2v) is 11.6. The van der Waals surface area contributed by atoms with E-state index < -0.39 is 5.97 Å². The molecule has 5 rings (SSSR count). The van der Waals surface area contributed by atoms with Crippen molar-refractivity contribution in [3.05, 3.63) is 59.5 Å². The van der Waals surface area contributed by atoms with E-state index in [1.54, 1.807) is 4.90 Å². The maximum Gasteiger partial charge on any atom is 0.350 e. The van der Waals surface area contributed by atoms with E-state index in [9.17, 15) is 9.59 Å². The molecule has 2 aromatic heterocycles. The van der Waals surface area contributed by atoms with E-state index in [1.807, 2.05) is 68.4 Å². The van der Waals surface area contributed by atoms with Gasteiger partial charge >= 0.3 is 5.97 Å². The van der Waals surface area contributed by atoms with Gasteiger partial charge in [-0.1, -0.05) is 31.2 Å². The zero-order chi connectivity index (χ0) is 27.0. The van der Waals surface area contributed by atoms with Crippen LogP contribution in [0.3, 0.4) is 0 Å². The molecule has 0 atom stereocenters. The van der Waals surface area contributed by atoms with Gasteiger partial charge in [-0.15, -0.1) is 11.3 Å². The van der Waals surface area contributed by atoms with Crippen LogP contribution in [0.5, 0.6) is 0 Å². The first kappa shape index (κ1) is 26.0. The van der Waals surface area contributed by atoms with E-state index >= 15 is 0 Å². The summed E-state index contributed by atoms with van der Waals surface area (Å²) >= 11 is 1.36. The summed E-state index contributed by atoms with van der Waals surface area (Å²) in [6.45, 7) is 6.24. The third kappa shape index (κ3) is 5.07. The second-order valence-electron chi connectivity index (χ2n) is 10.6. The van der Waals surface area contributed by atoms with Gasteiger partial charge in [-0.2, -0.15) is 0 Å². The minimum atomic E-state index is -0.426. The van der Waals surface area contributed by atoms with Crippen LogP contribution in [-0.2, 0) is 9.53 Å². The fraction of sp³-hybridized carbons (Fsp3) is 0.355. The molecule has 6 nitrogen and oxygen atoms in total. The zero-order valence-corrected chi connectivity index (χ0v) is 23.1. The largest absolute Gasteiger partial charge is 0.465 e. The summed E-state index contributed by atoms with van der Waals surface area (Å²) in [5, 5.41) is 0.995. The van der Waals surface area contributed by atoms with Gasteiger partial charge in [-0.25, -0.2) is 4.79 Å². The van der Waals surface area contributed by atoms with Crippen molar-refractivity contribution in [2.75, 3.05) is 17.7 Å². The molecule has 2 heterocycles. The highest BCUT2D eigenvalue weighted by molar-refractivity contribution is 7.18. The molecule has 38 heavy (non-hydrogen) atoms. The molecule has 0 saturated heterocycles.